The first-order chi connectivity index (χ1) is 10.1. The van der Waals surface area contributed by atoms with Gasteiger partial charge in [0.1, 0.15) is 5.69 Å². The van der Waals surface area contributed by atoms with Gasteiger partial charge in [-0.3, -0.25) is 4.79 Å². The van der Waals surface area contributed by atoms with Gasteiger partial charge >= 0.3 is 0 Å². The van der Waals surface area contributed by atoms with E-state index in [0.29, 0.717) is 15.7 Å². The van der Waals surface area contributed by atoms with Crippen molar-refractivity contribution in [3.05, 3.63) is 33.9 Å². The molecule has 1 unspecified atom stereocenters. The van der Waals surface area contributed by atoms with Gasteiger partial charge < -0.3 is 15.2 Å². The fraction of sp³-hybridized carbons (Fsp3) is 0.400. The molecule has 2 aromatic rings. The van der Waals surface area contributed by atoms with Crippen molar-refractivity contribution >= 4 is 40.0 Å². The summed E-state index contributed by atoms with van der Waals surface area (Å²) in [7, 11) is 1.86. The van der Waals surface area contributed by atoms with E-state index >= 15 is 0 Å². The fourth-order valence-electron chi connectivity index (χ4n) is 2.80. The average molecular weight is 326 g/mol. The van der Waals surface area contributed by atoms with Gasteiger partial charge in [0.05, 0.1) is 10.0 Å². The molecule has 1 aliphatic heterocycles. The molecule has 21 heavy (non-hydrogen) atoms. The molecular formula is C15H17Cl2N3O. The van der Waals surface area contributed by atoms with E-state index in [2.05, 4.69) is 10.6 Å². The molecule has 1 aromatic heterocycles. The third-order valence-corrected chi connectivity index (χ3v) is 4.80. The van der Waals surface area contributed by atoms with Crippen LogP contribution in [0.3, 0.4) is 0 Å². The lowest BCUT2D eigenvalue weighted by Crippen LogP contribution is -2.45. The minimum atomic E-state index is -0.0745. The van der Waals surface area contributed by atoms with Gasteiger partial charge in [-0.05, 0) is 37.6 Å². The van der Waals surface area contributed by atoms with Gasteiger partial charge in [-0.25, -0.2) is 0 Å². The highest BCUT2D eigenvalue weighted by atomic mass is 35.5. The molecule has 2 N–H and O–H groups in total. The zero-order chi connectivity index (χ0) is 15.0. The smallest absolute Gasteiger partial charge is 0.268 e. The summed E-state index contributed by atoms with van der Waals surface area (Å²) in [4.78, 5) is 12.5. The summed E-state index contributed by atoms with van der Waals surface area (Å²) in [5, 5.41) is 8.15. The van der Waals surface area contributed by atoms with Crippen molar-refractivity contribution in [2.75, 3.05) is 13.1 Å². The minimum absolute atomic E-state index is 0.0745. The molecule has 2 heterocycles. The van der Waals surface area contributed by atoms with Crippen molar-refractivity contribution in [3.8, 4) is 0 Å². The highest BCUT2D eigenvalue weighted by Gasteiger charge is 2.20. The van der Waals surface area contributed by atoms with Crippen LogP contribution in [0.5, 0.6) is 0 Å². The third kappa shape index (κ3) is 2.76. The van der Waals surface area contributed by atoms with Gasteiger partial charge in [-0.2, -0.15) is 0 Å². The number of carbonyl (C=O) groups excluding carboxylic acids is 1. The Morgan fingerprint density at radius 2 is 2.24 bits per heavy atom. The monoisotopic (exact) mass is 325 g/mol. The zero-order valence-corrected chi connectivity index (χ0v) is 13.3. The van der Waals surface area contributed by atoms with Crippen LogP contribution >= 0.6 is 23.2 Å². The molecule has 0 radical (unpaired) electrons. The first kappa shape index (κ1) is 14.7. The number of hydrogen-bond donors (Lipinski definition) is 2. The van der Waals surface area contributed by atoms with Crippen molar-refractivity contribution < 1.29 is 4.79 Å². The summed E-state index contributed by atoms with van der Waals surface area (Å²) >= 11 is 12.3. The highest BCUT2D eigenvalue weighted by molar-refractivity contribution is 6.45. The van der Waals surface area contributed by atoms with Crippen LogP contribution in [0.25, 0.3) is 10.9 Å². The molecule has 112 valence electrons. The number of aryl methyl sites for hydroxylation is 1. The maximum absolute atomic E-state index is 12.5. The van der Waals surface area contributed by atoms with Gasteiger partial charge in [0.25, 0.3) is 5.91 Å². The number of benzene rings is 1. The molecule has 1 aliphatic rings. The SMILES string of the molecule is Cn1c(C(=O)NC2CCCNC2)cc2c(Cl)c(Cl)ccc21. The zero-order valence-electron chi connectivity index (χ0n) is 11.7. The number of aromatic nitrogens is 1. The molecule has 1 atom stereocenters. The minimum Gasteiger partial charge on any atom is -0.347 e. The van der Waals surface area contributed by atoms with Crippen LogP contribution in [0.4, 0.5) is 0 Å². The molecule has 1 aromatic carbocycles. The number of fused-ring (bicyclic) bond motifs is 1. The predicted octanol–water partition coefficient (Wildman–Crippen LogP) is 2.97. The van der Waals surface area contributed by atoms with Crippen LogP contribution in [0.2, 0.25) is 10.0 Å². The first-order valence-electron chi connectivity index (χ1n) is 7.03. The van der Waals surface area contributed by atoms with E-state index in [4.69, 9.17) is 23.2 Å². The fourth-order valence-corrected chi connectivity index (χ4v) is 3.18. The Labute approximate surface area is 133 Å². The first-order valence-corrected chi connectivity index (χ1v) is 7.78. The third-order valence-electron chi connectivity index (χ3n) is 3.98. The summed E-state index contributed by atoms with van der Waals surface area (Å²) in [6, 6.07) is 5.61. The maximum Gasteiger partial charge on any atom is 0.268 e. The molecule has 0 aliphatic carbocycles. The topological polar surface area (TPSA) is 46.1 Å². The maximum atomic E-state index is 12.5. The van der Waals surface area contributed by atoms with E-state index in [0.717, 1.165) is 36.8 Å². The molecule has 1 fully saturated rings. The second kappa shape index (κ2) is 5.87. The molecule has 0 saturated carbocycles. The second-order valence-electron chi connectivity index (χ2n) is 5.40. The van der Waals surface area contributed by atoms with E-state index in [9.17, 15) is 4.79 Å². The Hall–Kier alpha value is -1.23. The number of carbonyl (C=O) groups is 1. The number of nitrogens with one attached hydrogen (secondary N) is 2. The predicted molar refractivity (Wildman–Crippen MR) is 86.3 cm³/mol. The van der Waals surface area contributed by atoms with Crippen molar-refractivity contribution in [3.63, 3.8) is 0 Å². The van der Waals surface area contributed by atoms with Crippen LogP contribution in [0.1, 0.15) is 23.3 Å². The lowest BCUT2D eigenvalue weighted by atomic mass is 10.1. The summed E-state index contributed by atoms with van der Waals surface area (Å²) in [5.74, 6) is -0.0745. The van der Waals surface area contributed by atoms with Gasteiger partial charge in [-0.15, -0.1) is 0 Å². The van der Waals surface area contributed by atoms with Crippen LogP contribution < -0.4 is 10.6 Å². The molecular weight excluding hydrogens is 309 g/mol. The van der Waals surface area contributed by atoms with Gasteiger partial charge in [-0.1, -0.05) is 23.2 Å². The largest absolute Gasteiger partial charge is 0.347 e. The average Bonchev–Trinajstić information content (AvgIpc) is 2.82. The van der Waals surface area contributed by atoms with Crippen LogP contribution in [0.15, 0.2) is 18.2 Å². The summed E-state index contributed by atoms with van der Waals surface area (Å²) in [6.07, 6.45) is 2.09. The number of halogens is 2. The number of hydrogen-bond acceptors (Lipinski definition) is 2. The van der Waals surface area contributed by atoms with E-state index in [1.54, 1.807) is 12.1 Å². The Balaban J connectivity index is 1.91. The lowest BCUT2D eigenvalue weighted by molar-refractivity contribution is 0.0923. The Bertz CT molecular complexity index is 690. The second-order valence-corrected chi connectivity index (χ2v) is 6.18. The highest BCUT2D eigenvalue weighted by Crippen LogP contribution is 2.32. The number of piperidine rings is 1. The van der Waals surface area contributed by atoms with E-state index in [-0.39, 0.29) is 11.9 Å². The van der Waals surface area contributed by atoms with E-state index in [1.807, 2.05) is 17.7 Å². The lowest BCUT2D eigenvalue weighted by Gasteiger charge is -2.23. The van der Waals surface area contributed by atoms with Crippen LogP contribution in [0, 0.1) is 0 Å². The summed E-state index contributed by atoms with van der Waals surface area (Å²) in [6.45, 7) is 1.84. The van der Waals surface area contributed by atoms with Crippen molar-refractivity contribution in [2.45, 2.75) is 18.9 Å². The van der Waals surface area contributed by atoms with Crippen LogP contribution in [-0.2, 0) is 7.05 Å². The molecule has 1 amide bonds. The Morgan fingerprint density at radius 3 is 2.95 bits per heavy atom. The van der Waals surface area contributed by atoms with Crippen molar-refractivity contribution in [1.82, 2.24) is 15.2 Å². The van der Waals surface area contributed by atoms with Gasteiger partial charge in [0, 0.05) is 30.5 Å². The summed E-state index contributed by atoms with van der Waals surface area (Å²) < 4.78 is 1.85. The van der Waals surface area contributed by atoms with Gasteiger partial charge in [0.15, 0.2) is 0 Å². The van der Waals surface area contributed by atoms with E-state index < -0.39 is 0 Å². The Kier molecular flexibility index (Phi) is 4.11. The number of amides is 1. The van der Waals surface area contributed by atoms with Crippen molar-refractivity contribution in [1.29, 1.82) is 0 Å². The normalized spacial score (nSPS) is 18.9. The number of rotatable bonds is 2. The van der Waals surface area contributed by atoms with Gasteiger partial charge in [0.2, 0.25) is 0 Å². The summed E-state index contributed by atoms with van der Waals surface area (Å²) in [5.41, 5.74) is 1.50. The molecule has 0 spiro atoms. The molecule has 6 heteroatoms. The van der Waals surface area contributed by atoms with Crippen LogP contribution in [-0.4, -0.2) is 29.6 Å². The van der Waals surface area contributed by atoms with E-state index in [1.165, 1.54) is 0 Å². The molecule has 0 bridgehead atoms. The quantitative estimate of drug-likeness (QED) is 0.891. The molecule has 4 nitrogen and oxygen atoms in total. The Morgan fingerprint density at radius 1 is 1.43 bits per heavy atom. The van der Waals surface area contributed by atoms with Crippen molar-refractivity contribution in [2.24, 2.45) is 7.05 Å². The standard InChI is InChI=1S/C15H17Cl2N3O/c1-20-12-5-4-11(16)14(17)10(12)7-13(20)15(21)19-9-3-2-6-18-8-9/h4-5,7,9,18H,2-3,6,8H2,1H3,(H,19,21). The molecule has 3 rings (SSSR count). The number of nitrogens with zero attached hydrogens (tertiary/aromatic N) is 1. The molecule has 1 saturated heterocycles.